The van der Waals surface area contributed by atoms with Gasteiger partial charge in [-0.1, -0.05) is 18.9 Å². The maximum Gasteiger partial charge on any atom is 0.119 e. The van der Waals surface area contributed by atoms with Gasteiger partial charge in [0.25, 0.3) is 0 Å². The fraction of sp³-hybridized carbons (Fsp3) is 0.600. The first-order valence-electron chi connectivity index (χ1n) is 7.29. The van der Waals surface area contributed by atoms with Crippen molar-refractivity contribution in [2.24, 2.45) is 5.84 Å². The number of hydrogen-bond acceptors (Lipinski definition) is 4. The Bertz CT molecular complexity index is 429. The summed E-state index contributed by atoms with van der Waals surface area (Å²) in [5.74, 6) is 6.77. The number of benzene rings is 1. The van der Waals surface area contributed by atoms with Crippen LogP contribution in [-0.2, 0) is 13.1 Å². The first kappa shape index (κ1) is 12.9. The molecule has 1 fully saturated rings. The maximum absolute atomic E-state index is 5.81. The van der Waals surface area contributed by atoms with Gasteiger partial charge in [-0.25, -0.2) is 5.01 Å². The molecule has 1 saturated carbocycles. The van der Waals surface area contributed by atoms with Crippen LogP contribution in [0.1, 0.15) is 36.8 Å². The van der Waals surface area contributed by atoms with Crippen molar-refractivity contribution in [2.45, 2.75) is 44.8 Å². The van der Waals surface area contributed by atoms with Crippen molar-refractivity contribution in [3.63, 3.8) is 0 Å². The summed E-state index contributed by atoms with van der Waals surface area (Å²) in [7, 11) is 0. The second-order valence-corrected chi connectivity index (χ2v) is 5.62. The minimum absolute atomic E-state index is 0.717. The molecule has 3 rings (SSSR count). The van der Waals surface area contributed by atoms with Crippen LogP contribution in [0.25, 0.3) is 0 Å². The molecule has 3 N–H and O–H groups in total. The minimum Gasteiger partial charge on any atom is -0.492 e. The van der Waals surface area contributed by atoms with E-state index in [4.69, 9.17) is 10.6 Å². The molecular formula is C15H23N3O. The standard InChI is InChI=1S/C15H23N3O/c16-18-10-12-5-6-15(9-13(12)11-18)19-8-7-17-14-3-1-2-4-14/h5-6,9,14,17H,1-4,7-8,10-11,16H2. The van der Waals surface area contributed by atoms with Gasteiger partial charge in [0.2, 0.25) is 0 Å². The molecule has 0 spiro atoms. The molecule has 0 amide bonds. The van der Waals surface area contributed by atoms with Crippen molar-refractivity contribution in [2.75, 3.05) is 13.2 Å². The number of nitrogens with one attached hydrogen (secondary N) is 1. The highest BCUT2D eigenvalue weighted by atomic mass is 16.5. The average molecular weight is 261 g/mol. The maximum atomic E-state index is 5.81. The Hall–Kier alpha value is -1.10. The highest BCUT2D eigenvalue weighted by molar-refractivity contribution is 5.37. The van der Waals surface area contributed by atoms with Gasteiger partial charge in [-0.15, -0.1) is 0 Å². The Labute approximate surface area is 114 Å². The zero-order valence-electron chi connectivity index (χ0n) is 11.4. The molecular weight excluding hydrogens is 238 g/mol. The van der Waals surface area contributed by atoms with Crippen molar-refractivity contribution < 1.29 is 4.74 Å². The molecule has 0 radical (unpaired) electrons. The molecule has 19 heavy (non-hydrogen) atoms. The molecule has 0 bridgehead atoms. The van der Waals surface area contributed by atoms with Crippen molar-refractivity contribution >= 4 is 0 Å². The lowest BCUT2D eigenvalue weighted by Gasteiger charge is -2.12. The molecule has 1 heterocycles. The molecule has 4 nitrogen and oxygen atoms in total. The summed E-state index contributed by atoms with van der Waals surface area (Å²) in [6.07, 6.45) is 5.40. The van der Waals surface area contributed by atoms with E-state index < -0.39 is 0 Å². The SMILES string of the molecule is NN1Cc2ccc(OCCNC3CCCC3)cc2C1. The summed E-state index contributed by atoms with van der Waals surface area (Å²) in [5.41, 5.74) is 2.61. The number of rotatable bonds is 5. The van der Waals surface area contributed by atoms with Crippen LogP contribution >= 0.6 is 0 Å². The van der Waals surface area contributed by atoms with Gasteiger partial charge < -0.3 is 10.1 Å². The monoisotopic (exact) mass is 261 g/mol. The van der Waals surface area contributed by atoms with Crippen LogP contribution in [0.15, 0.2) is 18.2 Å². The van der Waals surface area contributed by atoms with E-state index in [1.54, 1.807) is 0 Å². The molecule has 0 unspecified atom stereocenters. The predicted molar refractivity (Wildman–Crippen MR) is 75.6 cm³/mol. The molecule has 104 valence electrons. The normalized spacial score (nSPS) is 19.8. The number of nitrogens with two attached hydrogens (primary N) is 1. The van der Waals surface area contributed by atoms with Gasteiger partial charge in [-0.05, 0) is 36.1 Å². The van der Waals surface area contributed by atoms with E-state index in [1.807, 2.05) is 11.1 Å². The van der Waals surface area contributed by atoms with Crippen LogP contribution in [0.2, 0.25) is 0 Å². The Morgan fingerprint density at radius 3 is 2.84 bits per heavy atom. The van der Waals surface area contributed by atoms with Gasteiger partial charge >= 0.3 is 0 Å². The molecule has 2 aliphatic rings. The lowest BCUT2D eigenvalue weighted by Crippen LogP contribution is -2.30. The minimum atomic E-state index is 0.717. The lowest BCUT2D eigenvalue weighted by molar-refractivity contribution is 0.294. The van der Waals surface area contributed by atoms with E-state index in [-0.39, 0.29) is 0 Å². The van der Waals surface area contributed by atoms with E-state index in [9.17, 15) is 0 Å². The highest BCUT2D eigenvalue weighted by Crippen LogP contribution is 2.24. The van der Waals surface area contributed by atoms with E-state index in [0.717, 1.165) is 38.0 Å². The fourth-order valence-corrected chi connectivity index (χ4v) is 3.05. The third-order valence-electron chi connectivity index (χ3n) is 4.08. The van der Waals surface area contributed by atoms with Gasteiger partial charge in [0.15, 0.2) is 0 Å². The third kappa shape index (κ3) is 3.26. The topological polar surface area (TPSA) is 50.5 Å². The summed E-state index contributed by atoms with van der Waals surface area (Å²) >= 11 is 0. The number of ether oxygens (including phenoxy) is 1. The van der Waals surface area contributed by atoms with Gasteiger partial charge in [-0.2, -0.15) is 0 Å². The zero-order chi connectivity index (χ0) is 13.1. The molecule has 1 aromatic rings. The molecule has 1 aliphatic heterocycles. The molecule has 0 saturated heterocycles. The van der Waals surface area contributed by atoms with Crippen LogP contribution < -0.4 is 15.9 Å². The number of hydrazine groups is 1. The summed E-state index contributed by atoms with van der Waals surface area (Å²) in [6.45, 7) is 3.35. The number of nitrogens with zero attached hydrogens (tertiary/aromatic N) is 1. The lowest BCUT2D eigenvalue weighted by atomic mass is 10.1. The summed E-state index contributed by atoms with van der Waals surface area (Å²) in [6, 6.07) is 7.02. The van der Waals surface area contributed by atoms with Crippen LogP contribution in [-0.4, -0.2) is 24.2 Å². The number of hydrogen-bond donors (Lipinski definition) is 2. The van der Waals surface area contributed by atoms with Crippen molar-refractivity contribution in [1.82, 2.24) is 10.3 Å². The zero-order valence-corrected chi connectivity index (χ0v) is 11.4. The average Bonchev–Trinajstić information content (AvgIpc) is 3.02. The van der Waals surface area contributed by atoms with E-state index in [2.05, 4.69) is 17.4 Å². The van der Waals surface area contributed by atoms with Crippen LogP contribution in [0.5, 0.6) is 5.75 Å². The second-order valence-electron chi connectivity index (χ2n) is 5.62. The van der Waals surface area contributed by atoms with Crippen molar-refractivity contribution in [3.8, 4) is 5.75 Å². The first-order valence-corrected chi connectivity index (χ1v) is 7.29. The first-order chi connectivity index (χ1) is 9.31. The van der Waals surface area contributed by atoms with Crippen LogP contribution in [0, 0.1) is 0 Å². The highest BCUT2D eigenvalue weighted by Gasteiger charge is 2.16. The molecule has 1 aliphatic carbocycles. The van der Waals surface area contributed by atoms with Crippen molar-refractivity contribution in [3.05, 3.63) is 29.3 Å². The largest absolute Gasteiger partial charge is 0.492 e. The van der Waals surface area contributed by atoms with Gasteiger partial charge in [0, 0.05) is 25.7 Å². The Morgan fingerprint density at radius 2 is 2.00 bits per heavy atom. The Balaban J connectivity index is 1.44. The molecule has 1 aromatic carbocycles. The third-order valence-corrected chi connectivity index (χ3v) is 4.08. The smallest absolute Gasteiger partial charge is 0.119 e. The molecule has 0 aromatic heterocycles. The van der Waals surface area contributed by atoms with E-state index in [0.29, 0.717) is 0 Å². The molecule has 0 atom stereocenters. The molecule has 4 heteroatoms. The van der Waals surface area contributed by atoms with Crippen LogP contribution in [0.4, 0.5) is 0 Å². The summed E-state index contributed by atoms with van der Waals surface area (Å²) in [5, 5.41) is 5.39. The Kier molecular flexibility index (Phi) is 4.01. The van der Waals surface area contributed by atoms with Gasteiger partial charge in [0.1, 0.15) is 12.4 Å². The second kappa shape index (κ2) is 5.90. The van der Waals surface area contributed by atoms with E-state index >= 15 is 0 Å². The Morgan fingerprint density at radius 1 is 1.21 bits per heavy atom. The van der Waals surface area contributed by atoms with Crippen molar-refractivity contribution in [1.29, 1.82) is 0 Å². The number of fused-ring (bicyclic) bond motifs is 1. The predicted octanol–water partition coefficient (Wildman–Crippen LogP) is 1.79. The van der Waals surface area contributed by atoms with Gasteiger partial charge in [-0.3, -0.25) is 5.84 Å². The quantitative estimate of drug-likeness (QED) is 0.627. The van der Waals surface area contributed by atoms with E-state index in [1.165, 1.54) is 36.8 Å². The summed E-state index contributed by atoms with van der Waals surface area (Å²) < 4.78 is 5.80. The summed E-state index contributed by atoms with van der Waals surface area (Å²) in [4.78, 5) is 0. The van der Waals surface area contributed by atoms with Gasteiger partial charge in [0.05, 0.1) is 0 Å². The van der Waals surface area contributed by atoms with Crippen LogP contribution in [0.3, 0.4) is 0 Å². The fourth-order valence-electron chi connectivity index (χ4n) is 3.05.